The Morgan fingerprint density at radius 1 is 1.22 bits per heavy atom. The van der Waals surface area contributed by atoms with Crippen molar-refractivity contribution in [3.63, 3.8) is 0 Å². The standard InChI is InChI=1S/C16H13N3.C2H7NO/c1-19-10-13(12-6-2-3-7-15(12)19)14-9-11-5-4-8-17-16(11)18-14;3-1-2-4/h2-10H,1H3,(H,17,18);4H,1-3H2. The highest BCUT2D eigenvalue weighted by molar-refractivity contribution is 5.97. The largest absolute Gasteiger partial charge is 0.395 e. The van der Waals surface area contributed by atoms with Crippen molar-refractivity contribution in [1.82, 2.24) is 14.5 Å². The molecule has 0 aliphatic rings. The summed E-state index contributed by atoms with van der Waals surface area (Å²) in [5.41, 5.74) is 9.29. The van der Waals surface area contributed by atoms with E-state index in [4.69, 9.17) is 10.8 Å². The lowest BCUT2D eigenvalue weighted by molar-refractivity contribution is 0.306. The first-order valence-corrected chi connectivity index (χ1v) is 7.53. The molecule has 0 saturated heterocycles. The van der Waals surface area contributed by atoms with Crippen LogP contribution in [0.2, 0.25) is 0 Å². The maximum atomic E-state index is 7.75. The summed E-state index contributed by atoms with van der Waals surface area (Å²) in [6.45, 7) is 0.472. The van der Waals surface area contributed by atoms with Crippen LogP contribution in [-0.4, -0.2) is 32.8 Å². The fourth-order valence-corrected chi connectivity index (χ4v) is 2.66. The van der Waals surface area contributed by atoms with Crippen molar-refractivity contribution in [3.05, 3.63) is 54.9 Å². The summed E-state index contributed by atoms with van der Waals surface area (Å²) in [7, 11) is 2.08. The zero-order valence-corrected chi connectivity index (χ0v) is 13.0. The van der Waals surface area contributed by atoms with Gasteiger partial charge in [-0.2, -0.15) is 0 Å². The van der Waals surface area contributed by atoms with Gasteiger partial charge >= 0.3 is 0 Å². The monoisotopic (exact) mass is 308 g/mol. The number of nitrogens with zero attached hydrogens (tertiary/aromatic N) is 2. The number of hydrogen-bond acceptors (Lipinski definition) is 3. The molecule has 0 bridgehead atoms. The molecule has 0 radical (unpaired) electrons. The fraction of sp³-hybridized carbons (Fsp3) is 0.167. The summed E-state index contributed by atoms with van der Waals surface area (Å²) in [6, 6.07) is 14.6. The second-order valence-electron chi connectivity index (χ2n) is 5.31. The molecule has 118 valence electrons. The van der Waals surface area contributed by atoms with E-state index < -0.39 is 0 Å². The van der Waals surface area contributed by atoms with Crippen LogP contribution in [0, 0.1) is 0 Å². The summed E-state index contributed by atoms with van der Waals surface area (Å²) in [5, 5.41) is 10.2. The average Bonchev–Trinajstić information content (AvgIpc) is 3.17. The van der Waals surface area contributed by atoms with Crippen LogP contribution in [0.15, 0.2) is 54.9 Å². The predicted molar refractivity (Wildman–Crippen MR) is 94.1 cm³/mol. The number of benzene rings is 1. The van der Waals surface area contributed by atoms with Crippen molar-refractivity contribution >= 4 is 21.9 Å². The van der Waals surface area contributed by atoms with Gasteiger partial charge in [-0.25, -0.2) is 4.98 Å². The van der Waals surface area contributed by atoms with E-state index in [1.807, 2.05) is 12.3 Å². The van der Waals surface area contributed by atoms with Crippen LogP contribution in [0.5, 0.6) is 0 Å². The van der Waals surface area contributed by atoms with Gasteiger partial charge in [0.1, 0.15) is 5.65 Å². The van der Waals surface area contributed by atoms with E-state index in [0.717, 1.165) is 16.7 Å². The molecular formula is C18H20N4O. The Morgan fingerprint density at radius 2 is 2.00 bits per heavy atom. The number of rotatable bonds is 2. The van der Waals surface area contributed by atoms with Crippen LogP contribution in [-0.2, 0) is 7.05 Å². The molecule has 0 amide bonds. The quantitative estimate of drug-likeness (QED) is 0.532. The molecule has 0 fully saturated rings. The van der Waals surface area contributed by atoms with Crippen LogP contribution in [0.1, 0.15) is 0 Å². The number of para-hydroxylation sites is 1. The van der Waals surface area contributed by atoms with E-state index in [1.165, 1.54) is 16.5 Å². The van der Waals surface area contributed by atoms with Crippen LogP contribution in [0.25, 0.3) is 33.2 Å². The minimum Gasteiger partial charge on any atom is -0.395 e. The molecule has 0 aliphatic heterocycles. The first-order chi connectivity index (χ1) is 11.2. The lowest BCUT2D eigenvalue weighted by atomic mass is 10.1. The normalized spacial score (nSPS) is 10.7. The van der Waals surface area contributed by atoms with Crippen LogP contribution < -0.4 is 5.73 Å². The molecule has 4 N–H and O–H groups in total. The third-order valence-electron chi connectivity index (χ3n) is 3.71. The highest BCUT2D eigenvalue weighted by Gasteiger charge is 2.10. The fourth-order valence-electron chi connectivity index (χ4n) is 2.66. The average molecular weight is 308 g/mol. The summed E-state index contributed by atoms with van der Waals surface area (Å²) in [4.78, 5) is 7.74. The minimum absolute atomic E-state index is 0.0972. The van der Waals surface area contributed by atoms with E-state index in [1.54, 1.807) is 0 Å². The number of nitrogens with two attached hydrogens (primary N) is 1. The summed E-state index contributed by atoms with van der Waals surface area (Å²) in [6.07, 6.45) is 3.97. The van der Waals surface area contributed by atoms with Crippen molar-refractivity contribution in [2.24, 2.45) is 12.8 Å². The van der Waals surface area contributed by atoms with Crippen molar-refractivity contribution in [2.45, 2.75) is 0 Å². The van der Waals surface area contributed by atoms with E-state index in [9.17, 15) is 0 Å². The number of aryl methyl sites for hydroxylation is 1. The third kappa shape index (κ3) is 2.97. The maximum Gasteiger partial charge on any atom is 0.137 e. The summed E-state index contributed by atoms with van der Waals surface area (Å²) < 4.78 is 2.16. The molecule has 5 nitrogen and oxygen atoms in total. The van der Waals surface area contributed by atoms with Gasteiger partial charge in [0, 0.05) is 53.5 Å². The molecule has 1 aromatic carbocycles. The zero-order valence-electron chi connectivity index (χ0n) is 13.0. The van der Waals surface area contributed by atoms with Gasteiger partial charge in [-0.3, -0.25) is 0 Å². The first-order valence-electron chi connectivity index (χ1n) is 7.53. The van der Waals surface area contributed by atoms with Gasteiger partial charge in [-0.1, -0.05) is 18.2 Å². The Morgan fingerprint density at radius 3 is 2.74 bits per heavy atom. The molecule has 23 heavy (non-hydrogen) atoms. The molecule has 0 saturated carbocycles. The molecule has 0 spiro atoms. The number of hydrogen-bond donors (Lipinski definition) is 3. The zero-order chi connectivity index (χ0) is 16.2. The number of aliphatic hydroxyl groups is 1. The Hall–Kier alpha value is -2.63. The molecule has 3 heterocycles. The Kier molecular flexibility index (Phi) is 4.41. The molecule has 0 aliphatic carbocycles. The maximum absolute atomic E-state index is 7.75. The van der Waals surface area contributed by atoms with Gasteiger partial charge in [0.2, 0.25) is 0 Å². The Bertz CT molecular complexity index is 888. The van der Waals surface area contributed by atoms with Gasteiger partial charge in [0.25, 0.3) is 0 Å². The van der Waals surface area contributed by atoms with Crippen LogP contribution in [0.3, 0.4) is 0 Å². The topological polar surface area (TPSA) is 79.9 Å². The molecule has 5 heteroatoms. The van der Waals surface area contributed by atoms with E-state index in [2.05, 4.69) is 64.2 Å². The number of fused-ring (bicyclic) bond motifs is 2. The summed E-state index contributed by atoms with van der Waals surface area (Å²) in [5.74, 6) is 0. The minimum atomic E-state index is 0.0972. The predicted octanol–water partition coefficient (Wildman–Crippen LogP) is 2.66. The van der Waals surface area contributed by atoms with Crippen LogP contribution >= 0.6 is 0 Å². The smallest absolute Gasteiger partial charge is 0.137 e. The van der Waals surface area contributed by atoms with E-state index in [0.29, 0.717) is 6.54 Å². The van der Waals surface area contributed by atoms with Crippen molar-refractivity contribution < 1.29 is 5.11 Å². The summed E-state index contributed by atoms with van der Waals surface area (Å²) >= 11 is 0. The van der Waals surface area contributed by atoms with E-state index >= 15 is 0 Å². The third-order valence-corrected chi connectivity index (χ3v) is 3.71. The van der Waals surface area contributed by atoms with Gasteiger partial charge < -0.3 is 20.4 Å². The Balaban J connectivity index is 0.000000354. The number of aromatic nitrogens is 3. The number of H-pyrrole nitrogens is 1. The highest BCUT2D eigenvalue weighted by Crippen LogP contribution is 2.31. The highest BCUT2D eigenvalue weighted by atomic mass is 16.3. The molecule has 0 atom stereocenters. The van der Waals surface area contributed by atoms with E-state index in [-0.39, 0.29) is 6.61 Å². The van der Waals surface area contributed by atoms with Crippen molar-refractivity contribution in [3.8, 4) is 11.3 Å². The van der Waals surface area contributed by atoms with Crippen molar-refractivity contribution in [1.29, 1.82) is 0 Å². The molecule has 3 aromatic heterocycles. The van der Waals surface area contributed by atoms with Crippen molar-refractivity contribution in [2.75, 3.05) is 13.2 Å². The lowest BCUT2D eigenvalue weighted by Gasteiger charge is -1.94. The number of nitrogens with one attached hydrogen (secondary N) is 1. The second-order valence-corrected chi connectivity index (χ2v) is 5.31. The number of pyridine rings is 1. The molecule has 4 aromatic rings. The second kappa shape index (κ2) is 6.64. The molecule has 4 rings (SSSR count). The number of aliphatic hydroxyl groups excluding tert-OH is 1. The first kappa shape index (κ1) is 15.3. The Labute approximate surface area is 134 Å². The molecule has 0 unspecified atom stereocenters. The van der Waals surface area contributed by atoms with Gasteiger partial charge in [0.05, 0.1) is 6.61 Å². The molecular weight excluding hydrogens is 288 g/mol. The van der Waals surface area contributed by atoms with Gasteiger partial charge in [0.15, 0.2) is 0 Å². The van der Waals surface area contributed by atoms with Gasteiger partial charge in [-0.05, 0) is 24.3 Å². The van der Waals surface area contributed by atoms with Gasteiger partial charge in [-0.15, -0.1) is 0 Å². The SMILES string of the molecule is Cn1cc(-c2cc3cccnc3[nH]2)c2ccccc21.NCCO. The van der Waals surface area contributed by atoms with Crippen LogP contribution in [0.4, 0.5) is 0 Å². The lowest BCUT2D eigenvalue weighted by Crippen LogP contribution is -2.02. The number of aromatic amines is 1.